The van der Waals surface area contributed by atoms with Crippen LogP contribution >= 0.6 is 0 Å². The highest BCUT2D eigenvalue weighted by molar-refractivity contribution is 6.12. The summed E-state index contributed by atoms with van der Waals surface area (Å²) in [5, 5.41) is 2.29. The van der Waals surface area contributed by atoms with Gasteiger partial charge in [0, 0.05) is 38.7 Å². The predicted octanol–water partition coefficient (Wildman–Crippen LogP) is 17.6. The molecule has 10 aromatic rings. The lowest BCUT2D eigenvalue weighted by Gasteiger charge is -2.36. The van der Waals surface area contributed by atoms with Crippen LogP contribution in [-0.2, 0) is 10.8 Å². The van der Waals surface area contributed by atoms with Crippen LogP contribution in [0.4, 0.5) is 17.1 Å². The molecule has 1 fully saturated rings. The molecule has 0 atom stereocenters. The van der Waals surface area contributed by atoms with Crippen molar-refractivity contribution in [1.82, 2.24) is 0 Å². The van der Waals surface area contributed by atoms with Gasteiger partial charge in [0.2, 0.25) is 0 Å². The highest BCUT2D eigenvalue weighted by Gasteiger charge is 2.44. The number of fused-ring (bicyclic) bond motifs is 11. The summed E-state index contributed by atoms with van der Waals surface area (Å²) >= 11 is 0. The van der Waals surface area contributed by atoms with E-state index in [0.29, 0.717) is 0 Å². The molecular formula is C63H49NO. The zero-order chi connectivity index (χ0) is 43.3. The molecule has 0 N–H and O–H groups in total. The number of hydrogen-bond acceptors (Lipinski definition) is 2. The number of para-hydroxylation sites is 1. The molecule has 0 aliphatic heterocycles. The molecule has 1 heterocycles. The van der Waals surface area contributed by atoms with Crippen LogP contribution in [0.25, 0.3) is 77.6 Å². The van der Waals surface area contributed by atoms with Crippen molar-refractivity contribution in [3.05, 3.63) is 222 Å². The fourth-order valence-electron chi connectivity index (χ4n) is 12.4. The minimum absolute atomic E-state index is 0.0484. The van der Waals surface area contributed by atoms with Crippen LogP contribution < -0.4 is 4.90 Å². The second-order valence-electron chi connectivity index (χ2n) is 19.1. The zero-order valence-electron chi connectivity index (χ0n) is 36.9. The van der Waals surface area contributed by atoms with Crippen molar-refractivity contribution in [2.45, 2.75) is 56.8 Å². The van der Waals surface area contributed by atoms with Crippen molar-refractivity contribution in [2.75, 3.05) is 4.90 Å². The first-order valence-corrected chi connectivity index (χ1v) is 23.5. The van der Waals surface area contributed by atoms with Gasteiger partial charge in [-0.25, -0.2) is 0 Å². The molecule has 65 heavy (non-hydrogen) atoms. The second-order valence-corrected chi connectivity index (χ2v) is 19.1. The Labute approximate surface area is 381 Å². The summed E-state index contributed by atoms with van der Waals surface area (Å²) in [7, 11) is 0. The largest absolute Gasteiger partial charge is 0.456 e. The van der Waals surface area contributed by atoms with Crippen LogP contribution in [0, 0.1) is 0 Å². The van der Waals surface area contributed by atoms with Crippen LogP contribution in [0.5, 0.6) is 0 Å². The highest BCUT2D eigenvalue weighted by Crippen LogP contribution is 2.57. The van der Waals surface area contributed by atoms with Crippen molar-refractivity contribution in [3.63, 3.8) is 0 Å². The summed E-state index contributed by atoms with van der Waals surface area (Å²) < 4.78 is 6.38. The van der Waals surface area contributed by atoms with Crippen LogP contribution in [0.15, 0.2) is 205 Å². The van der Waals surface area contributed by atoms with Gasteiger partial charge in [0.05, 0.1) is 0 Å². The van der Waals surface area contributed by atoms with E-state index in [1.807, 2.05) is 6.07 Å². The Morgan fingerprint density at radius 1 is 0.385 bits per heavy atom. The molecule has 1 aromatic heterocycles. The summed E-state index contributed by atoms with van der Waals surface area (Å²) in [6, 6.07) is 74.5. The number of furan rings is 1. The Balaban J connectivity index is 0.961. The number of anilines is 3. The van der Waals surface area contributed by atoms with E-state index in [2.05, 4.69) is 213 Å². The van der Waals surface area contributed by atoms with E-state index in [-0.39, 0.29) is 10.8 Å². The topological polar surface area (TPSA) is 16.4 Å². The van der Waals surface area contributed by atoms with E-state index in [1.165, 1.54) is 110 Å². The normalized spacial score (nSPS) is 15.2. The molecule has 312 valence electrons. The maximum atomic E-state index is 6.38. The first-order valence-electron chi connectivity index (χ1n) is 23.5. The molecule has 1 saturated carbocycles. The van der Waals surface area contributed by atoms with Crippen LogP contribution in [0.1, 0.15) is 68.2 Å². The van der Waals surface area contributed by atoms with Gasteiger partial charge < -0.3 is 9.32 Å². The van der Waals surface area contributed by atoms with E-state index in [0.717, 1.165) is 38.9 Å². The fraction of sp³-hybridized carbons (Fsp3) is 0.143. The van der Waals surface area contributed by atoms with Gasteiger partial charge in [0.15, 0.2) is 0 Å². The molecule has 2 nitrogen and oxygen atoms in total. The maximum absolute atomic E-state index is 6.38. The smallest absolute Gasteiger partial charge is 0.136 e. The van der Waals surface area contributed by atoms with Crippen molar-refractivity contribution >= 4 is 39.0 Å². The summed E-state index contributed by atoms with van der Waals surface area (Å²) in [6.45, 7) is 4.77. The Hall–Kier alpha value is -7.42. The zero-order valence-corrected chi connectivity index (χ0v) is 36.9. The van der Waals surface area contributed by atoms with Gasteiger partial charge in [-0.1, -0.05) is 185 Å². The Bertz CT molecular complexity index is 3510. The molecule has 9 aromatic carbocycles. The Kier molecular flexibility index (Phi) is 8.53. The van der Waals surface area contributed by atoms with Crippen molar-refractivity contribution in [3.8, 4) is 55.6 Å². The van der Waals surface area contributed by atoms with Crippen molar-refractivity contribution in [1.29, 1.82) is 0 Å². The third-order valence-electron chi connectivity index (χ3n) is 15.3. The molecule has 0 saturated heterocycles. The molecule has 0 radical (unpaired) electrons. The average molecular weight is 836 g/mol. The number of rotatable bonds is 6. The van der Waals surface area contributed by atoms with E-state index in [1.54, 1.807) is 0 Å². The fourth-order valence-corrected chi connectivity index (χ4v) is 12.4. The van der Waals surface area contributed by atoms with Gasteiger partial charge in [-0.15, -0.1) is 0 Å². The van der Waals surface area contributed by atoms with E-state index in [4.69, 9.17) is 4.42 Å². The summed E-state index contributed by atoms with van der Waals surface area (Å²) in [6.07, 6.45) is 6.22. The van der Waals surface area contributed by atoms with Gasteiger partial charge in [-0.2, -0.15) is 0 Å². The quantitative estimate of drug-likeness (QED) is 0.166. The van der Waals surface area contributed by atoms with Gasteiger partial charge in [0.25, 0.3) is 0 Å². The van der Waals surface area contributed by atoms with Crippen molar-refractivity contribution in [2.24, 2.45) is 0 Å². The van der Waals surface area contributed by atoms with Crippen molar-refractivity contribution < 1.29 is 4.42 Å². The predicted molar refractivity (Wildman–Crippen MR) is 272 cm³/mol. The third kappa shape index (κ3) is 5.73. The minimum atomic E-state index is -0.113. The van der Waals surface area contributed by atoms with Gasteiger partial charge in [-0.3, -0.25) is 0 Å². The lowest BCUT2D eigenvalue weighted by molar-refractivity contribution is 0.353. The van der Waals surface area contributed by atoms with Gasteiger partial charge >= 0.3 is 0 Å². The SMILES string of the molecule is CC1(C)c2ccccc2-c2cccc(-c3ccccc3-c3ccc(N(c4cccc(-c5cccc6oc7ccccc7c56)c4)c4ccc5c(c4)C4(CCCCC4)c4ccccc4-5)cc3)c21. The summed E-state index contributed by atoms with van der Waals surface area (Å²) in [5.74, 6) is 0. The molecule has 1 spiro atoms. The molecular weight excluding hydrogens is 787 g/mol. The van der Waals surface area contributed by atoms with E-state index < -0.39 is 0 Å². The molecule has 3 aliphatic rings. The van der Waals surface area contributed by atoms with Crippen LogP contribution in [0.2, 0.25) is 0 Å². The summed E-state index contributed by atoms with van der Waals surface area (Å²) in [5.41, 5.74) is 23.8. The van der Waals surface area contributed by atoms with Crippen LogP contribution in [0.3, 0.4) is 0 Å². The minimum Gasteiger partial charge on any atom is -0.456 e. The van der Waals surface area contributed by atoms with E-state index >= 15 is 0 Å². The van der Waals surface area contributed by atoms with Gasteiger partial charge in [0.1, 0.15) is 11.2 Å². The molecule has 3 aliphatic carbocycles. The number of benzene rings is 9. The second kappa shape index (κ2) is 14.6. The highest BCUT2D eigenvalue weighted by atomic mass is 16.3. The first kappa shape index (κ1) is 38.1. The number of nitrogens with zero attached hydrogens (tertiary/aromatic N) is 1. The first-order chi connectivity index (χ1) is 32.0. The van der Waals surface area contributed by atoms with E-state index in [9.17, 15) is 0 Å². The maximum Gasteiger partial charge on any atom is 0.136 e. The lowest BCUT2D eigenvalue weighted by atomic mass is 9.68. The monoisotopic (exact) mass is 835 g/mol. The molecule has 2 heteroatoms. The standard InChI is InChI=1S/C63H49NO/c1-62(2)55-27-9-6-22-50(55)53-26-15-25-52(61(53)62)48-20-5-4-19-46(48)41-31-33-43(34-32-41)64(45-35-36-51-49-21-7-10-28-56(49)63(57(51)40-45)37-12-3-13-38-63)44-18-14-17-42(39-44)47-24-16-30-59-60(47)54-23-8-11-29-58(54)65-59/h4-11,14-36,39-40H,3,12-13,37-38H2,1-2H3. The molecule has 0 amide bonds. The lowest BCUT2D eigenvalue weighted by Crippen LogP contribution is -2.28. The Morgan fingerprint density at radius 3 is 1.77 bits per heavy atom. The molecule has 0 unspecified atom stereocenters. The average Bonchev–Trinajstić information content (AvgIpc) is 3.95. The Morgan fingerprint density at radius 2 is 0.954 bits per heavy atom. The molecule has 13 rings (SSSR count). The van der Waals surface area contributed by atoms with Crippen LogP contribution in [-0.4, -0.2) is 0 Å². The number of hydrogen-bond donors (Lipinski definition) is 0. The third-order valence-corrected chi connectivity index (χ3v) is 15.3. The van der Waals surface area contributed by atoms with Gasteiger partial charge in [-0.05, 0) is 139 Å². The summed E-state index contributed by atoms with van der Waals surface area (Å²) in [4.78, 5) is 2.48. The molecule has 0 bridgehead atoms.